The van der Waals surface area contributed by atoms with E-state index in [4.69, 9.17) is 5.11 Å². The third kappa shape index (κ3) is 3.72. The lowest BCUT2D eigenvalue weighted by Gasteiger charge is -2.31. The molecule has 19 heavy (non-hydrogen) atoms. The Morgan fingerprint density at radius 2 is 1.74 bits per heavy atom. The summed E-state index contributed by atoms with van der Waals surface area (Å²) < 4.78 is 0. The Labute approximate surface area is 115 Å². The van der Waals surface area contributed by atoms with Crippen LogP contribution in [0.3, 0.4) is 0 Å². The van der Waals surface area contributed by atoms with Crippen molar-refractivity contribution in [2.45, 2.75) is 45.6 Å². The molecule has 0 aromatic heterocycles. The standard InChI is InChI=1S/C16H23NO2/c1-11(2)12-3-7-14(8-4-12)17-15-9-5-13(6-10-15)16(18)19/h5-6,9-12,14,17H,3-4,7-8H2,1-2H3,(H,18,19). The molecule has 104 valence electrons. The molecule has 1 aliphatic carbocycles. The van der Waals surface area contributed by atoms with Crippen LogP contribution in [0.5, 0.6) is 0 Å². The predicted octanol–water partition coefficient (Wildman–Crippen LogP) is 4.01. The van der Waals surface area contributed by atoms with Gasteiger partial charge in [0.2, 0.25) is 0 Å². The van der Waals surface area contributed by atoms with E-state index in [-0.39, 0.29) is 0 Å². The molecule has 3 heteroatoms. The van der Waals surface area contributed by atoms with Crippen molar-refractivity contribution in [2.75, 3.05) is 5.32 Å². The summed E-state index contributed by atoms with van der Waals surface area (Å²) >= 11 is 0. The lowest BCUT2D eigenvalue weighted by Crippen LogP contribution is -2.27. The molecule has 0 amide bonds. The van der Waals surface area contributed by atoms with Crippen LogP contribution in [0, 0.1) is 11.8 Å². The van der Waals surface area contributed by atoms with Gasteiger partial charge in [0.25, 0.3) is 0 Å². The zero-order chi connectivity index (χ0) is 13.8. The molecule has 1 fully saturated rings. The quantitative estimate of drug-likeness (QED) is 0.861. The van der Waals surface area contributed by atoms with Crippen LogP contribution >= 0.6 is 0 Å². The number of benzene rings is 1. The zero-order valence-corrected chi connectivity index (χ0v) is 11.7. The molecule has 3 nitrogen and oxygen atoms in total. The smallest absolute Gasteiger partial charge is 0.335 e. The van der Waals surface area contributed by atoms with Crippen molar-refractivity contribution in [3.8, 4) is 0 Å². The molecule has 0 atom stereocenters. The molecule has 0 saturated heterocycles. The van der Waals surface area contributed by atoms with Crippen molar-refractivity contribution >= 4 is 11.7 Å². The highest BCUT2D eigenvalue weighted by atomic mass is 16.4. The Morgan fingerprint density at radius 3 is 2.21 bits per heavy atom. The third-order valence-corrected chi connectivity index (χ3v) is 4.22. The van der Waals surface area contributed by atoms with Gasteiger partial charge in [-0.2, -0.15) is 0 Å². The van der Waals surface area contributed by atoms with Crippen molar-refractivity contribution < 1.29 is 9.90 Å². The average Bonchev–Trinajstić information content (AvgIpc) is 2.40. The molecule has 0 radical (unpaired) electrons. The van der Waals surface area contributed by atoms with Crippen LogP contribution in [0.15, 0.2) is 24.3 Å². The SMILES string of the molecule is CC(C)C1CCC(Nc2ccc(C(=O)O)cc2)CC1. The molecule has 0 heterocycles. The molecule has 1 aromatic carbocycles. The monoisotopic (exact) mass is 261 g/mol. The van der Waals surface area contributed by atoms with E-state index in [0.29, 0.717) is 11.6 Å². The summed E-state index contributed by atoms with van der Waals surface area (Å²) in [7, 11) is 0. The first-order valence-electron chi connectivity index (χ1n) is 7.16. The normalized spacial score (nSPS) is 23.3. The van der Waals surface area contributed by atoms with Crippen LogP contribution < -0.4 is 5.32 Å². The second-order valence-corrected chi connectivity index (χ2v) is 5.88. The van der Waals surface area contributed by atoms with Crippen molar-refractivity contribution in [3.63, 3.8) is 0 Å². The number of carboxylic acids is 1. The van der Waals surface area contributed by atoms with Crippen LogP contribution in [0.25, 0.3) is 0 Å². The molecule has 1 saturated carbocycles. The van der Waals surface area contributed by atoms with Crippen LogP contribution in [0.1, 0.15) is 49.9 Å². The first kappa shape index (κ1) is 13.9. The summed E-state index contributed by atoms with van der Waals surface area (Å²) in [6.45, 7) is 4.62. The van der Waals surface area contributed by atoms with Gasteiger partial charge in [0, 0.05) is 11.7 Å². The van der Waals surface area contributed by atoms with Gasteiger partial charge in [0.05, 0.1) is 5.56 Å². The topological polar surface area (TPSA) is 49.3 Å². The Balaban J connectivity index is 1.87. The fraction of sp³-hybridized carbons (Fsp3) is 0.562. The van der Waals surface area contributed by atoms with E-state index in [2.05, 4.69) is 19.2 Å². The summed E-state index contributed by atoms with van der Waals surface area (Å²) in [5, 5.41) is 12.4. The second-order valence-electron chi connectivity index (χ2n) is 5.88. The fourth-order valence-electron chi connectivity index (χ4n) is 2.87. The number of carbonyl (C=O) groups is 1. The maximum Gasteiger partial charge on any atom is 0.335 e. The lowest BCUT2D eigenvalue weighted by atomic mass is 9.79. The highest BCUT2D eigenvalue weighted by Crippen LogP contribution is 2.31. The molecule has 1 aromatic rings. The maximum atomic E-state index is 10.8. The molecular weight excluding hydrogens is 238 g/mol. The Bertz CT molecular complexity index is 417. The minimum Gasteiger partial charge on any atom is -0.478 e. The minimum atomic E-state index is -0.871. The number of rotatable bonds is 4. The number of hydrogen-bond donors (Lipinski definition) is 2. The first-order chi connectivity index (χ1) is 9.06. The van der Waals surface area contributed by atoms with Gasteiger partial charge in [-0.3, -0.25) is 0 Å². The van der Waals surface area contributed by atoms with Crippen LogP contribution in [0.2, 0.25) is 0 Å². The molecule has 0 unspecified atom stereocenters. The molecule has 1 aliphatic rings. The molecule has 2 N–H and O–H groups in total. The van der Waals surface area contributed by atoms with Crippen LogP contribution in [-0.2, 0) is 0 Å². The van der Waals surface area contributed by atoms with Gasteiger partial charge in [0.1, 0.15) is 0 Å². The Kier molecular flexibility index (Phi) is 4.46. The summed E-state index contributed by atoms with van der Waals surface area (Å²) in [6.07, 6.45) is 5.01. The Morgan fingerprint density at radius 1 is 1.16 bits per heavy atom. The Hall–Kier alpha value is -1.51. The van der Waals surface area contributed by atoms with E-state index >= 15 is 0 Å². The highest BCUT2D eigenvalue weighted by molar-refractivity contribution is 5.87. The molecular formula is C16H23NO2. The van der Waals surface area contributed by atoms with Crippen LogP contribution in [-0.4, -0.2) is 17.1 Å². The van der Waals surface area contributed by atoms with Gasteiger partial charge in [-0.25, -0.2) is 4.79 Å². The molecule has 0 aliphatic heterocycles. The number of carboxylic acid groups (broad SMARTS) is 1. The van der Waals surface area contributed by atoms with Gasteiger partial charge in [-0.05, 0) is 61.8 Å². The van der Waals surface area contributed by atoms with E-state index in [1.54, 1.807) is 12.1 Å². The summed E-state index contributed by atoms with van der Waals surface area (Å²) in [5.41, 5.74) is 1.37. The van der Waals surface area contributed by atoms with E-state index < -0.39 is 5.97 Å². The van der Waals surface area contributed by atoms with Gasteiger partial charge in [-0.15, -0.1) is 0 Å². The third-order valence-electron chi connectivity index (χ3n) is 4.22. The lowest BCUT2D eigenvalue weighted by molar-refractivity contribution is 0.0697. The number of hydrogen-bond acceptors (Lipinski definition) is 2. The van der Waals surface area contributed by atoms with Gasteiger partial charge in [-0.1, -0.05) is 13.8 Å². The summed E-state index contributed by atoms with van der Waals surface area (Å²) in [5.74, 6) is 0.784. The zero-order valence-electron chi connectivity index (χ0n) is 11.7. The molecule has 0 bridgehead atoms. The first-order valence-corrected chi connectivity index (χ1v) is 7.16. The maximum absolute atomic E-state index is 10.8. The van der Waals surface area contributed by atoms with Crippen molar-refractivity contribution in [2.24, 2.45) is 11.8 Å². The molecule has 2 rings (SSSR count). The summed E-state index contributed by atoms with van der Waals surface area (Å²) in [6, 6.07) is 7.57. The van der Waals surface area contributed by atoms with E-state index in [1.807, 2.05) is 12.1 Å². The van der Waals surface area contributed by atoms with Gasteiger partial charge < -0.3 is 10.4 Å². The predicted molar refractivity (Wildman–Crippen MR) is 77.6 cm³/mol. The molecule has 0 spiro atoms. The van der Waals surface area contributed by atoms with Gasteiger partial charge >= 0.3 is 5.97 Å². The van der Waals surface area contributed by atoms with E-state index in [1.165, 1.54) is 25.7 Å². The van der Waals surface area contributed by atoms with Crippen molar-refractivity contribution in [1.29, 1.82) is 0 Å². The van der Waals surface area contributed by atoms with Crippen molar-refractivity contribution in [1.82, 2.24) is 0 Å². The van der Waals surface area contributed by atoms with E-state index in [0.717, 1.165) is 17.5 Å². The second kappa shape index (κ2) is 6.09. The fourth-order valence-corrected chi connectivity index (χ4v) is 2.87. The average molecular weight is 261 g/mol. The minimum absolute atomic E-state index is 0.342. The number of nitrogens with one attached hydrogen (secondary N) is 1. The number of anilines is 1. The van der Waals surface area contributed by atoms with Crippen molar-refractivity contribution in [3.05, 3.63) is 29.8 Å². The van der Waals surface area contributed by atoms with Crippen LogP contribution in [0.4, 0.5) is 5.69 Å². The largest absolute Gasteiger partial charge is 0.478 e. The number of aromatic carboxylic acids is 1. The van der Waals surface area contributed by atoms with E-state index in [9.17, 15) is 4.79 Å². The highest BCUT2D eigenvalue weighted by Gasteiger charge is 2.22. The summed E-state index contributed by atoms with van der Waals surface area (Å²) in [4.78, 5) is 10.8. The van der Waals surface area contributed by atoms with Gasteiger partial charge in [0.15, 0.2) is 0 Å².